The second-order valence-corrected chi connectivity index (χ2v) is 2.75. The number of hydrogen-bond acceptors (Lipinski definition) is 3. The Labute approximate surface area is 75.8 Å². The van der Waals surface area contributed by atoms with Gasteiger partial charge in [0.25, 0.3) is 0 Å². The first-order chi connectivity index (χ1) is 6.15. The second-order valence-electron chi connectivity index (χ2n) is 2.75. The number of nitrogens with zero attached hydrogens (tertiary/aromatic N) is 1. The molecule has 0 bridgehead atoms. The van der Waals surface area contributed by atoms with Crippen LogP contribution in [0.3, 0.4) is 0 Å². The normalized spacial score (nSPS) is 12.1. The third-order valence-corrected chi connectivity index (χ3v) is 1.76. The van der Waals surface area contributed by atoms with Crippen LogP contribution in [0.4, 0.5) is 10.1 Å². The van der Waals surface area contributed by atoms with E-state index in [4.69, 9.17) is 16.7 Å². The molecule has 0 aliphatic heterocycles. The van der Waals surface area contributed by atoms with Crippen LogP contribution in [0.1, 0.15) is 18.0 Å². The number of anilines is 1. The van der Waals surface area contributed by atoms with E-state index in [1.54, 1.807) is 6.07 Å². The number of nitriles is 1. The van der Waals surface area contributed by atoms with Gasteiger partial charge in [-0.2, -0.15) is 5.26 Å². The van der Waals surface area contributed by atoms with Gasteiger partial charge in [-0.15, -0.1) is 0 Å². The van der Waals surface area contributed by atoms with Gasteiger partial charge in [0.15, 0.2) is 0 Å². The molecule has 0 saturated heterocycles. The van der Waals surface area contributed by atoms with Gasteiger partial charge in [0.2, 0.25) is 0 Å². The van der Waals surface area contributed by atoms with Crippen LogP contribution in [0.2, 0.25) is 0 Å². The Bertz CT molecular complexity index is 343. The average molecular weight is 179 g/mol. The summed E-state index contributed by atoms with van der Waals surface area (Å²) in [4.78, 5) is 0. The summed E-state index contributed by atoms with van der Waals surface area (Å²) in [6.07, 6.45) is 0.170. The number of halogens is 1. The monoisotopic (exact) mass is 179 g/mol. The van der Waals surface area contributed by atoms with E-state index < -0.39 is 11.9 Å². The summed E-state index contributed by atoms with van der Waals surface area (Å²) >= 11 is 0. The molecule has 1 atom stereocenters. The van der Waals surface area contributed by atoms with E-state index in [9.17, 15) is 4.39 Å². The molecule has 4 heteroatoms. The smallest absolute Gasteiger partial charge is 0.146 e. The Balaban J connectivity index is 2.91. The highest BCUT2D eigenvalue weighted by Crippen LogP contribution is 2.18. The molecule has 1 aromatic carbocycles. The highest BCUT2D eigenvalue weighted by Gasteiger charge is 2.07. The van der Waals surface area contributed by atoms with E-state index in [0.717, 1.165) is 0 Å². The minimum atomic E-state index is -0.495. The van der Waals surface area contributed by atoms with Crippen LogP contribution in [0.5, 0.6) is 0 Å². The molecule has 0 heterocycles. The van der Waals surface area contributed by atoms with Crippen molar-refractivity contribution in [1.29, 1.82) is 5.26 Å². The Hall–Kier alpha value is -1.60. The van der Waals surface area contributed by atoms with Gasteiger partial charge >= 0.3 is 0 Å². The van der Waals surface area contributed by atoms with Crippen LogP contribution in [0, 0.1) is 17.1 Å². The lowest BCUT2D eigenvalue weighted by Gasteiger charge is -2.08. The zero-order valence-corrected chi connectivity index (χ0v) is 7.00. The molecule has 0 fully saturated rings. The molecule has 0 aliphatic rings. The van der Waals surface area contributed by atoms with Gasteiger partial charge < -0.3 is 11.5 Å². The standard InChI is InChI=1S/C9H10FN3/c10-7-5-6(1-2-9(7)13)8(12)3-4-11/h1-2,5,8H,3,12-13H2. The highest BCUT2D eigenvalue weighted by molar-refractivity contribution is 5.42. The minimum Gasteiger partial charge on any atom is -0.396 e. The fraction of sp³-hybridized carbons (Fsp3) is 0.222. The molecule has 0 radical (unpaired) electrons. The first kappa shape index (κ1) is 9.49. The maximum absolute atomic E-state index is 12.9. The van der Waals surface area contributed by atoms with Gasteiger partial charge in [-0.25, -0.2) is 4.39 Å². The van der Waals surface area contributed by atoms with Crippen molar-refractivity contribution in [3.05, 3.63) is 29.6 Å². The summed E-state index contributed by atoms with van der Waals surface area (Å²) in [5.74, 6) is -0.495. The summed E-state index contributed by atoms with van der Waals surface area (Å²) in [6, 6.07) is 5.81. The van der Waals surface area contributed by atoms with Crippen LogP contribution >= 0.6 is 0 Å². The summed E-state index contributed by atoms with van der Waals surface area (Å²) in [5, 5.41) is 8.37. The van der Waals surface area contributed by atoms with Crippen molar-refractivity contribution in [2.24, 2.45) is 5.73 Å². The molecular weight excluding hydrogens is 169 g/mol. The summed E-state index contributed by atoms with van der Waals surface area (Å²) < 4.78 is 12.9. The van der Waals surface area contributed by atoms with E-state index in [0.29, 0.717) is 5.56 Å². The molecule has 0 saturated carbocycles. The van der Waals surface area contributed by atoms with Crippen molar-refractivity contribution in [1.82, 2.24) is 0 Å². The lowest BCUT2D eigenvalue weighted by Crippen LogP contribution is -2.09. The zero-order valence-electron chi connectivity index (χ0n) is 7.00. The maximum atomic E-state index is 12.9. The van der Waals surface area contributed by atoms with Gasteiger partial charge in [-0.05, 0) is 17.7 Å². The highest BCUT2D eigenvalue weighted by atomic mass is 19.1. The molecule has 0 amide bonds. The molecule has 0 aliphatic carbocycles. The van der Waals surface area contributed by atoms with Crippen molar-refractivity contribution in [2.45, 2.75) is 12.5 Å². The first-order valence-electron chi connectivity index (χ1n) is 3.82. The number of nitrogens with two attached hydrogens (primary N) is 2. The van der Waals surface area contributed by atoms with E-state index in [-0.39, 0.29) is 12.1 Å². The van der Waals surface area contributed by atoms with E-state index in [2.05, 4.69) is 0 Å². The van der Waals surface area contributed by atoms with Gasteiger partial charge in [0.1, 0.15) is 5.82 Å². The molecule has 68 valence electrons. The van der Waals surface area contributed by atoms with Crippen LogP contribution in [-0.4, -0.2) is 0 Å². The number of benzene rings is 1. The molecule has 1 rings (SSSR count). The Kier molecular flexibility index (Phi) is 2.83. The van der Waals surface area contributed by atoms with Gasteiger partial charge in [-0.1, -0.05) is 6.07 Å². The first-order valence-corrected chi connectivity index (χ1v) is 3.82. The van der Waals surface area contributed by atoms with Crippen LogP contribution in [0.25, 0.3) is 0 Å². The van der Waals surface area contributed by atoms with Gasteiger partial charge in [0, 0.05) is 6.04 Å². The SMILES string of the molecule is N#CCC(N)c1ccc(N)c(F)c1. The molecule has 1 unspecified atom stereocenters. The average Bonchev–Trinajstić information content (AvgIpc) is 2.10. The second kappa shape index (κ2) is 3.87. The van der Waals surface area contributed by atoms with Crippen molar-refractivity contribution in [3.63, 3.8) is 0 Å². The molecule has 1 aromatic rings. The predicted molar refractivity (Wildman–Crippen MR) is 48.0 cm³/mol. The van der Waals surface area contributed by atoms with Crippen molar-refractivity contribution in [3.8, 4) is 6.07 Å². The molecule has 13 heavy (non-hydrogen) atoms. The van der Waals surface area contributed by atoms with Crippen LogP contribution in [0.15, 0.2) is 18.2 Å². The third-order valence-electron chi connectivity index (χ3n) is 1.76. The lowest BCUT2D eigenvalue weighted by atomic mass is 10.0. The number of hydrogen-bond donors (Lipinski definition) is 2. The molecular formula is C9H10FN3. The third kappa shape index (κ3) is 2.17. The van der Waals surface area contributed by atoms with Crippen LogP contribution < -0.4 is 11.5 Å². The van der Waals surface area contributed by atoms with Crippen molar-refractivity contribution < 1.29 is 4.39 Å². The topological polar surface area (TPSA) is 75.8 Å². The quantitative estimate of drug-likeness (QED) is 0.672. The number of rotatable bonds is 2. The Morgan fingerprint density at radius 3 is 2.77 bits per heavy atom. The summed E-state index contributed by atoms with van der Waals surface area (Å²) in [5.41, 5.74) is 11.6. The van der Waals surface area contributed by atoms with Crippen LogP contribution in [-0.2, 0) is 0 Å². The van der Waals surface area contributed by atoms with Gasteiger partial charge in [0.05, 0.1) is 18.2 Å². The molecule has 0 aromatic heterocycles. The molecule has 3 nitrogen and oxygen atoms in total. The predicted octanol–water partition coefficient (Wildman–Crippen LogP) is 1.32. The summed E-state index contributed by atoms with van der Waals surface area (Å²) in [6.45, 7) is 0. The zero-order chi connectivity index (χ0) is 9.84. The summed E-state index contributed by atoms with van der Waals surface area (Å²) in [7, 11) is 0. The van der Waals surface area contributed by atoms with E-state index >= 15 is 0 Å². The fourth-order valence-corrected chi connectivity index (χ4v) is 0.990. The fourth-order valence-electron chi connectivity index (χ4n) is 0.990. The largest absolute Gasteiger partial charge is 0.396 e. The number of nitrogen functional groups attached to an aromatic ring is 1. The van der Waals surface area contributed by atoms with E-state index in [1.165, 1.54) is 12.1 Å². The molecule has 4 N–H and O–H groups in total. The molecule has 0 spiro atoms. The van der Waals surface area contributed by atoms with Crippen molar-refractivity contribution in [2.75, 3.05) is 5.73 Å². The minimum absolute atomic E-state index is 0.0907. The Morgan fingerprint density at radius 1 is 1.54 bits per heavy atom. The lowest BCUT2D eigenvalue weighted by molar-refractivity contribution is 0.624. The van der Waals surface area contributed by atoms with Crippen molar-refractivity contribution >= 4 is 5.69 Å². The maximum Gasteiger partial charge on any atom is 0.146 e. The van der Waals surface area contributed by atoms with Gasteiger partial charge in [-0.3, -0.25) is 0 Å². The Morgan fingerprint density at radius 2 is 2.23 bits per heavy atom. The van der Waals surface area contributed by atoms with E-state index in [1.807, 2.05) is 6.07 Å².